The first-order chi connectivity index (χ1) is 15.0. The van der Waals surface area contributed by atoms with Crippen LogP contribution in [0.4, 0.5) is 0 Å². The van der Waals surface area contributed by atoms with Crippen molar-refractivity contribution in [2.45, 2.75) is 51.3 Å². The van der Waals surface area contributed by atoms with Gasteiger partial charge in [0.25, 0.3) is 5.91 Å². The number of hydrogen-bond acceptors (Lipinski definition) is 4. The van der Waals surface area contributed by atoms with Crippen LogP contribution in [0.1, 0.15) is 53.6 Å². The van der Waals surface area contributed by atoms with Crippen LogP contribution in [0.15, 0.2) is 47.6 Å². The van der Waals surface area contributed by atoms with Gasteiger partial charge in [0.1, 0.15) is 6.10 Å². The van der Waals surface area contributed by atoms with Gasteiger partial charge in [0, 0.05) is 52.1 Å². The number of halogens is 1. The molecule has 1 aromatic carbocycles. The number of hydrogen-bond donors (Lipinski definition) is 2. The second-order valence-electron chi connectivity index (χ2n) is 8.06. The molecule has 0 saturated heterocycles. The summed E-state index contributed by atoms with van der Waals surface area (Å²) in [6.07, 6.45) is 8.10. The van der Waals surface area contributed by atoms with E-state index in [-0.39, 0.29) is 29.9 Å². The first-order valence-electron chi connectivity index (χ1n) is 10.9. The predicted molar refractivity (Wildman–Crippen MR) is 139 cm³/mol. The quantitative estimate of drug-likeness (QED) is 0.309. The molecule has 0 spiro atoms. The number of guanidine groups is 1. The van der Waals surface area contributed by atoms with Crippen LogP contribution in [0.25, 0.3) is 0 Å². The van der Waals surface area contributed by atoms with E-state index in [0.717, 1.165) is 24.0 Å². The summed E-state index contributed by atoms with van der Waals surface area (Å²) in [5.74, 6) is 1.41. The van der Waals surface area contributed by atoms with Gasteiger partial charge in [-0.15, -0.1) is 24.0 Å². The third kappa shape index (κ3) is 7.96. The molecule has 2 aromatic rings. The number of amides is 1. The van der Waals surface area contributed by atoms with Crippen LogP contribution in [0, 0.1) is 0 Å². The maximum atomic E-state index is 12.0. The van der Waals surface area contributed by atoms with Crippen molar-refractivity contribution in [2.75, 3.05) is 21.1 Å². The van der Waals surface area contributed by atoms with Gasteiger partial charge in [0.15, 0.2) is 5.96 Å². The van der Waals surface area contributed by atoms with Crippen LogP contribution in [0.2, 0.25) is 0 Å². The molecule has 174 valence electrons. The van der Waals surface area contributed by atoms with Gasteiger partial charge in [-0.05, 0) is 55.0 Å². The SMILES string of the molecule is CN=C(NCc1ccc(C(=O)N(C)C)cc1)NCc1ccnc(OC2CCCCC2)c1.I. The molecule has 0 radical (unpaired) electrons. The van der Waals surface area contributed by atoms with E-state index in [1.165, 1.54) is 19.3 Å². The fourth-order valence-corrected chi connectivity index (χ4v) is 3.59. The minimum atomic E-state index is 0. The summed E-state index contributed by atoms with van der Waals surface area (Å²) in [5, 5.41) is 6.63. The van der Waals surface area contributed by atoms with E-state index in [2.05, 4.69) is 20.6 Å². The molecule has 2 N–H and O–H groups in total. The van der Waals surface area contributed by atoms with Crippen LogP contribution in [-0.4, -0.2) is 49.0 Å². The zero-order valence-electron chi connectivity index (χ0n) is 19.1. The molecule has 1 aromatic heterocycles. The zero-order chi connectivity index (χ0) is 22.1. The average molecular weight is 551 g/mol. The number of nitrogens with one attached hydrogen (secondary N) is 2. The number of aromatic nitrogens is 1. The van der Waals surface area contributed by atoms with Crippen molar-refractivity contribution in [3.63, 3.8) is 0 Å². The minimum Gasteiger partial charge on any atom is -0.474 e. The van der Waals surface area contributed by atoms with Crippen molar-refractivity contribution in [3.05, 3.63) is 59.3 Å². The summed E-state index contributed by atoms with van der Waals surface area (Å²) in [5.41, 5.74) is 2.85. The molecule has 32 heavy (non-hydrogen) atoms. The van der Waals surface area contributed by atoms with Crippen molar-refractivity contribution in [1.29, 1.82) is 0 Å². The molecule has 1 aliphatic rings. The third-order valence-electron chi connectivity index (χ3n) is 5.39. The lowest BCUT2D eigenvalue weighted by Gasteiger charge is -2.22. The number of pyridine rings is 1. The summed E-state index contributed by atoms with van der Waals surface area (Å²) < 4.78 is 6.06. The van der Waals surface area contributed by atoms with E-state index in [9.17, 15) is 4.79 Å². The lowest BCUT2D eigenvalue weighted by atomic mass is 9.98. The van der Waals surface area contributed by atoms with Crippen LogP contribution in [0.3, 0.4) is 0 Å². The maximum Gasteiger partial charge on any atom is 0.253 e. The Morgan fingerprint density at radius 3 is 2.34 bits per heavy atom. The van der Waals surface area contributed by atoms with Crippen molar-refractivity contribution in [3.8, 4) is 5.88 Å². The summed E-state index contributed by atoms with van der Waals surface area (Å²) in [6, 6.07) is 11.6. The fourth-order valence-electron chi connectivity index (χ4n) is 3.59. The maximum absolute atomic E-state index is 12.0. The lowest BCUT2D eigenvalue weighted by Crippen LogP contribution is -2.36. The van der Waals surface area contributed by atoms with Crippen molar-refractivity contribution >= 4 is 35.8 Å². The zero-order valence-corrected chi connectivity index (χ0v) is 21.5. The van der Waals surface area contributed by atoms with Crippen LogP contribution < -0.4 is 15.4 Å². The summed E-state index contributed by atoms with van der Waals surface area (Å²) in [4.78, 5) is 22.2. The standard InChI is InChI=1S/C24H33N5O2.HI/c1-25-24(27-16-18-9-11-20(12-10-18)23(30)29(2)3)28-17-19-13-14-26-22(15-19)31-21-7-5-4-6-8-21;/h9-15,21H,4-8,16-17H2,1-3H3,(H2,25,27,28);1H. The van der Waals surface area contributed by atoms with E-state index < -0.39 is 0 Å². The number of rotatable bonds is 7. The Kier molecular flexibility index (Phi) is 10.7. The average Bonchev–Trinajstić information content (AvgIpc) is 2.80. The van der Waals surface area contributed by atoms with Crippen LogP contribution in [0.5, 0.6) is 5.88 Å². The third-order valence-corrected chi connectivity index (χ3v) is 5.39. The molecule has 0 aliphatic heterocycles. The number of nitrogens with zero attached hydrogens (tertiary/aromatic N) is 3. The van der Waals surface area contributed by atoms with Crippen molar-refractivity contribution in [2.24, 2.45) is 4.99 Å². The molecule has 0 bridgehead atoms. The molecule has 1 aliphatic carbocycles. The Hall–Kier alpha value is -2.36. The van der Waals surface area contributed by atoms with Gasteiger partial charge in [-0.1, -0.05) is 18.6 Å². The normalized spacial score (nSPS) is 14.3. The number of aliphatic imine (C=N–C) groups is 1. The molecule has 0 atom stereocenters. The Balaban J connectivity index is 0.00000363. The predicted octanol–water partition coefficient (Wildman–Crippen LogP) is 3.98. The van der Waals surface area contributed by atoms with Gasteiger partial charge in [-0.3, -0.25) is 9.79 Å². The number of benzene rings is 1. The molecular formula is C24H34IN5O2. The van der Waals surface area contributed by atoms with Gasteiger partial charge in [-0.25, -0.2) is 4.98 Å². The Morgan fingerprint density at radius 2 is 1.72 bits per heavy atom. The van der Waals surface area contributed by atoms with E-state index in [1.807, 2.05) is 36.4 Å². The summed E-state index contributed by atoms with van der Waals surface area (Å²) in [7, 11) is 5.25. The molecule has 0 unspecified atom stereocenters. The lowest BCUT2D eigenvalue weighted by molar-refractivity contribution is 0.0827. The van der Waals surface area contributed by atoms with Gasteiger partial charge in [-0.2, -0.15) is 0 Å². The van der Waals surface area contributed by atoms with Crippen LogP contribution in [-0.2, 0) is 13.1 Å². The molecule has 1 amide bonds. The fraction of sp³-hybridized carbons (Fsp3) is 0.458. The highest BCUT2D eigenvalue weighted by Gasteiger charge is 2.15. The molecule has 7 nitrogen and oxygen atoms in total. The molecule has 1 fully saturated rings. The van der Waals surface area contributed by atoms with E-state index in [0.29, 0.717) is 36.6 Å². The summed E-state index contributed by atoms with van der Waals surface area (Å²) >= 11 is 0. The number of carbonyl (C=O) groups is 1. The Morgan fingerprint density at radius 1 is 1.06 bits per heavy atom. The number of ether oxygens (including phenoxy) is 1. The Bertz CT molecular complexity index is 880. The first-order valence-corrected chi connectivity index (χ1v) is 10.9. The van der Waals surface area contributed by atoms with Crippen LogP contribution >= 0.6 is 24.0 Å². The van der Waals surface area contributed by atoms with Crippen molar-refractivity contribution < 1.29 is 9.53 Å². The van der Waals surface area contributed by atoms with Gasteiger partial charge < -0.3 is 20.3 Å². The first kappa shape index (κ1) is 25.9. The highest BCUT2D eigenvalue weighted by Crippen LogP contribution is 2.22. The highest BCUT2D eigenvalue weighted by atomic mass is 127. The second kappa shape index (κ2) is 13.2. The molecule has 3 rings (SSSR count). The molecular weight excluding hydrogens is 517 g/mol. The van der Waals surface area contributed by atoms with Gasteiger partial charge >= 0.3 is 0 Å². The van der Waals surface area contributed by atoms with E-state index in [1.54, 1.807) is 32.2 Å². The van der Waals surface area contributed by atoms with Gasteiger partial charge in [0.2, 0.25) is 5.88 Å². The number of carbonyl (C=O) groups excluding carboxylic acids is 1. The monoisotopic (exact) mass is 551 g/mol. The second-order valence-corrected chi connectivity index (χ2v) is 8.06. The Labute approximate surface area is 208 Å². The molecule has 1 saturated carbocycles. The van der Waals surface area contributed by atoms with Crippen molar-refractivity contribution in [1.82, 2.24) is 20.5 Å². The largest absolute Gasteiger partial charge is 0.474 e. The van der Waals surface area contributed by atoms with E-state index in [4.69, 9.17) is 4.74 Å². The molecule has 8 heteroatoms. The van der Waals surface area contributed by atoms with Gasteiger partial charge in [0.05, 0.1) is 0 Å². The smallest absolute Gasteiger partial charge is 0.253 e. The topological polar surface area (TPSA) is 78.9 Å². The van der Waals surface area contributed by atoms with E-state index >= 15 is 0 Å². The molecule has 1 heterocycles. The summed E-state index contributed by atoms with van der Waals surface area (Å²) in [6.45, 7) is 1.24. The minimum absolute atomic E-state index is 0. The highest BCUT2D eigenvalue weighted by molar-refractivity contribution is 14.0.